The van der Waals surface area contributed by atoms with Gasteiger partial charge in [-0.1, -0.05) is 6.07 Å². The molecule has 0 aliphatic heterocycles. The fourth-order valence-electron chi connectivity index (χ4n) is 3.64. The van der Waals surface area contributed by atoms with E-state index < -0.39 is 0 Å². The van der Waals surface area contributed by atoms with Crippen molar-refractivity contribution in [1.82, 2.24) is 19.5 Å². The lowest BCUT2D eigenvalue weighted by molar-refractivity contribution is 0.326. The van der Waals surface area contributed by atoms with Crippen LogP contribution in [-0.4, -0.2) is 40.8 Å². The van der Waals surface area contributed by atoms with Gasteiger partial charge in [-0.2, -0.15) is 0 Å². The van der Waals surface area contributed by atoms with Gasteiger partial charge in [-0.3, -0.25) is 9.36 Å². The summed E-state index contributed by atoms with van der Waals surface area (Å²) in [4.78, 5) is 25.4. The molecule has 0 fully saturated rings. The Morgan fingerprint density at radius 1 is 1.07 bits per heavy atom. The molecule has 4 rings (SSSR count). The third kappa shape index (κ3) is 3.45. The number of aromatic nitrogens is 4. The lowest BCUT2D eigenvalue weighted by Crippen LogP contribution is -2.21. The fraction of sp³-hybridized carbons (Fsp3) is 0.318. The van der Waals surface area contributed by atoms with Crippen molar-refractivity contribution in [2.45, 2.75) is 26.3 Å². The number of fused-ring (bicyclic) bond motifs is 2. The number of nitrogens with one attached hydrogen (secondary N) is 1. The van der Waals surface area contributed by atoms with E-state index in [4.69, 9.17) is 14.2 Å². The summed E-state index contributed by atoms with van der Waals surface area (Å²) in [7, 11) is 4.55. The summed E-state index contributed by atoms with van der Waals surface area (Å²) in [5, 5.41) is 0.422. The van der Waals surface area contributed by atoms with Crippen molar-refractivity contribution in [3.8, 4) is 17.2 Å². The lowest BCUT2D eigenvalue weighted by atomic mass is 10.2. The predicted molar refractivity (Wildman–Crippen MR) is 115 cm³/mol. The van der Waals surface area contributed by atoms with Crippen LogP contribution in [0.1, 0.15) is 17.8 Å². The Kier molecular flexibility index (Phi) is 5.31. The quantitative estimate of drug-likeness (QED) is 0.505. The Bertz CT molecular complexity index is 1280. The van der Waals surface area contributed by atoms with E-state index in [9.17, 15) is 4.79 Å². The second kappa shape index (κ2) is 8.06. The minimum Gasteiger partial charge on any atom is -0.493 e. The normalized spacial score (nSPS) is 11.2. The molecule has 0 bridgehead atoms. The number of aromatic amines is 1. The maximum absolute atomic E-state index is 13.0. The Morgan fingerprint density at radius 2 is 1.87 bits per heavy atom. The molecule has 0 unspecified atom stereocenters. The van der Waals surface area contributed by atoms with Gasteiger partial charge in [0, 0.05) is 13.0 Å². The summed E-state index contributed by atoms with van der Waals surface area (Å²) in [6.07, 6.45) is 3.02. The second-order valence-corrected chi connectivity index (χ2v) is 7.09. The zero-order chi connectivity index (χ0) is 21.3. The number of hydrogen-bond acceptors (Lipinski definition) is 6. The zero-order valence-electron chi connectivity index (χ0n) is 17.5. The van der Waals surface area contributed by atoms with Gasteiger partial charge in [-0.15, -0.1) is 0 Å². The molecule has 0 saturated heterocycles. The summed E-state index contributed by atoms with van der Waals surface area (Å²) in [5.41, 5.74) is 3.47. The molecule has 2 heterocycles. The fourth-order valence-corrected chi connectivity index (χ4v) is 3.64. The molecular weight excluding hydrogens is 384 g/mol. The molecule has 156 valence electrons. The molecule has 30 heavy (non-hydrogen) atoms. The summed E-state index contributed by atoms with van der Waals surface area (Å²) >= 11 is 0. The first-order valence-electron chi connectivity index (χ1n) is 9.69. The molecular formula is C22H24N4O4. The molecule has 1 N–H and O–H groups in total. The number of ether oxygens (including phenoxy) is 3. The van der Waals surface area contributed by atoms with Crippen LogP contribution in [-0.2, 0) is 13.0 Å². The predicted octanol–water partition coefficient (Wildman–Crippen LogP) is 3.24. The summed E-state index contributed by atoms with van der Waals surface area (Å²) in [6.45, 7) is 2.58. The van der Waals surface area contributed by atoms with E-state index in [1.807, 2.05) is 12.1 Å². The van der Waals surface area contributed by atoms with Crippen LogP contribution in [0.4, 0.5) is 0 Å². The minimum atomic E-state index is -0.153. The van der Waals surface area contributed by atoms with Crippen molar-refractivity contribution < 1.29 is 14.2 Å². The Morgan fingerprint density at radius 3 is 2.60 bits per heavy atom. The van der Waals surface area contributed by atoms with E-state index in [-0.39, 0.29) is 5.56 Å². The topological polar surface area (TPSA) is 91.3 Å². The lowest BCUT2D eigenvalue weighted by Gasteiger charge is -2.14. The molecule has 0 atom stereocenters. The van der Waals surface area contributed by atoms with E-state index in [2.05, 4.69) is 27.9 Å². The number of rotatable bonds is 7. The molecule has 2 aromatic carbocycles. The van der Waals surface area contributed by atoms with Gasteiger partial charge in [0.25, 0.3) is 5.56 Å². The monoisotopic (exact) mass is 408 g/mol. The first kappa shape index (κ1) is 19.8. The molecule has 2 aromatic heterocycles. The first-order chi connectivity index (χ1) is 14.5. The molecule has 8 nitrogen and oxygen atoms in total. The molecule has 4 aromatic rings. The van der Waals surface area contributed by atoms with Gasteiger partial charge in [-0.25, -0.2) is 9.97 Å². The largest absolute Gasteiger partial charge is 0.493 e. The van der Waals surface area contributed by atoms with E-state index in [0.29, 0.717) is 34.7 Å². The highest BCUT2D eigenvalue weighted by Gasteiger charge is 2.19. The standard InChI is InChI=1S/C22H24N4O4/c1-13-7-8-15-16(10-13)25-18(24-15)6-5-9-26-12-23-19-14(22(26)27)11-17(28-2)20(29-3)21(19)30-4/h7-8,10-12H,5-6,9H2,1-4H3,(H,24,25). The van der Waals surface area contributed by atoms with Crippen molar-refractivity contribution >= 4 is 21.9 Å². The van der Waals surface area contributed by atoms with E-state index in [0.717, 1.165) is 29.7 Å². The molecule has 0 spiro atoms. The van der Waals surface area contributed by atoms with Crippen molar-refractivity contribution in [2.24, 2.45) is 0 Å². The van der Waals surface area contributed by atoms with Crippen molar-refractivity contribution in [3.63, 3.8) is 0 Å². The Balaban J connectivity index is 1.59. The van der Waals surface area contributed by atoms with Crippen LogP contribution in [0.3, 0.4) is 0 Å². The number of imidazole rings is 1. The highest BCUT2D eigenvalue weighted by atomic mass is 16.5. The van der Waals surface area contributed by atoms with Gasteiger partial charge in [-0.05, 0) is 37.1 Å². The first-order valence-corrected chi connectivity index (χ1v) is 9.69. The maximum Gasteiger partial charge on any atom is 0.261 e. The van der Waals surface area contributed by atoms with Crippen molar-refractivity contribution in [3.05, 3.63) is 52.3 Å². The van der Waals surface area contributed by atoms with Gasteiger partial charge in [0.05, 0.1) is 44.1 Å². The number of nitrogens with zero attached hydrogens (tertiary/aromatic N) is 3. The Labute approximate surface area is 173 Å². The summed E-state index contributed by atoms with van der Waals surface area (Å²) in [5.74, 6) is 2.13. The molecule has 0 radical (unpaired) electrons. The molecule has 8 heteroatoms. The van der Waals surface area contributed by atoms with Gasteiger partial charge in [0.15, 0.2) is 11.5 Å². The van der Waals surface area contributed by atoms with E-state index >= 15 is 0 Å². The van der Waals surface area contributed by atoms with Crippen molar-refractivity contribution in [2.75, 3.05) is 21.3 Å². The average molecular weight is 408 g/mol. The summed E-state index contributed by atoms with van der Waals surface area (Å²) in [6, 6.07) is 7.78. The second-order valence-electron chi connectivity index (χ2n) is 7.09. The summed E-state index contributed by atoms with van der Waals surface area (Å²) < 4.78 is 17.8. The van der Waals surface area contributed by atoms with Crippen LogP contribution >= 0.6 is 0 Å². The van der Waals surface area contributed by atoms with Gasteiger partial charge >= 0.3 is 0 Å². The highest BCUT2D eigenvalue weighted by molar-refractivity contribution is 5.89. The van der Waals surface area contributed by atoms with Gasteiger partial charge in [0.2, 0.25) is 5.75 Å². The number of hydrogen-bond donors (Lipinski definition) is 1. The highest BCUT2D eigenvalue weighted by Crippen LogP contribution is 2.41. The maximum atomic E-state index is 13.0. The van der Waals surface area contributed by atoms with Crippen LogP contribution in [0.25, 0.3) is 21.9 Å². The molecule has 0 amide bonds. The minimum absolute atomic E-state index is 0.153. The van der Waals surface area contributed by atoms with Crippen LogP contribution in [0.2, 0.25) is 0 Å². The number of aryl methyl sites for hydroxylation is 3. The SMILES string of the molecule is COc1cc2c(=O)n(CCCc3nc4ccc(C)cc4[nH]3)cnc2c(OC)c1OC. The van der Waals surface area contributed by atoms with Crippen LogP contribution in [0.5, 0.6) is 17.2 Å². The number of benzene rings is 2. The molecule has 0 saturated carbocycles. The zero-order valence-corrected chi connectivity index (χ0v) is 17.5. The van der Waals surface area contributed by atoms with Crippen LogP contribution < -0.4 is 19.8 Å². The smallest absolute Gasteiger partial charge is 0.261 e. The van der Waals surface area contributed by atoms with Crippen molar-refractivity contribution in [1.29, 1.82) is 0 Å². The number of H-pyrrole nitrogens is 1. The van der Waals surface area contributed by atoms with Crippen LogP contribution in [0, 0.1) is 6.92 Å². The Hall–Kier alpha value is -3.55. The third-order valence-corrected chi connectivity index (χ3v) is 5.12. The third-order valence-electron chi connectivity index (χ3n) is 5.12. The van der Waals surface area contributed by atoms with E-state index in [1.165, 1.54) is 26.9 Å². The van der Waals surface area contributed by atoms with Gasteiger partial charge in [0.1, 0.15) is 11.3 Å². The average Bonchev–Trinajstić information content (AvgIpc) is 3.15. The molecule has 0 aliphatic rings. The molecule has 0 aliphatic carbocycles. The van der Waals surface area contributed by atoms with Crippen LogP contribution in [0.15, 0.2) is 35.4 Å². The van der Waals surface area contributed by atoms with Gasteiger partial charge < -0.3 is 19.2 Å². The number of methoxy groups -OCH3 is 3. The van der Waals surface area contributed by atoms with E-state index in [1.54, 1.807) is 17.0 Å².